The molecule has 2 saturated heterocycles. The van der Waals surface area contributed by atoms with Crippen molar-refractivity contribution in [1.82, 2.24) is 0 Å². The molecule has 10 atom stereocenters. The van der Waals surface area contributed by atoms with E-state index < -0.39 is 90.0 Å². The van der Waals surface area contributed by atoms with Crippen LogP contribution in [-0.2, 0) is 66.6 Å². The first-order valence-electron chi connectivity index (χ1n) is 25.6. The van der Waals surface area contributed by atoms with Gasteiger partial charge in [0.1, 0.15) is 49.3 Å². The molecule has 13 nitrogen and oxygen atoms in total. The summed E-state index contributed by atoms with van der Waals surface area (Å²) in [6, 6.07) is 46.6. The van der Waals surface area contributed by atoms with Crippen LogP contribution in [0.25, 0.3) is 0 Å². The van der Waals surface area contributed by atoms with Crippen molar-refractivity contribution in [2.45, 2.75) is 159 Å². The second kappa shape index (κ2) is 25.3. The largest absolute Gasteiger partial charge is 0.459 e. The zero-order valence-electron chi connectivity index (χ0n) is 44.6. The van der Waals surface area contributed by atoms with Crippen molar-refractivity contribution in [3.8, 4) is 0 Å². The molecule has 0 bridgehead atoms. The summed E-state index contributed by atoms with van der Waals surface area (Å²) in [5.41, 5.74) is 3.38. The van der Waals surface area contributed by atoms with Crippen molar-refractivity contribution in [1.29, 1.82) is 0 Å². The van der Waals surface area contributed by atoms with E-state index in [2.05, 4.69) is 67.7 Å². The molecule has 0 saturated carbocycles. The summed E-state index contributed by atoms with van der Waals surface area (Å²) in [4.78, 5) is 28.1. The van der Waals surface area contributed by atoms with Crippen molar-refractivity contribution in [2.75, 3.05) is 13.2 Å². The van der Waals surface area contributed by atoms with Crippen molar-refractivity contribution >= 4 is 28.6 Å². The van der Waals surface area contributed by atoms with Gasteiger partial charge >= 0.3 is 11.9 Å². The van der Waals surface area contributed by atoms with Crippen LogP contribution in [0.2, 0.25) is 36.3 Å². The van der Waals surface area contributed by atoms with Crippen LogP contribution < -0.4 is 0 Å². The van der Waals surface area contributed by atoms with E-state index >= 15 is 0 Å². The molecule has 0 aromatic heterocycles. The van der Waals surface area contributed by atoms with Gasteiger partial charge < -0.3 is 51.9 Å². The second-order valence-corrected chi connectivity index (χ2v) is 31.6. The van der Waals surface area contributed by atoms with E-state index in [1.807, 2.05) is 103 Å². The van der Waals surface area contributed by atoms with Gasteiger partial charge in [-0.2, -0.15) is 0 Å². The highest BCUT2D eigenvalue weighted by Gasteiger charge is 2.57. The van der Waals surface area contributed by atoms with Crippen molar-refractivity contribution < 1.29 is 61.4 Å². The highest BCUT2D eigenvalue weighted by atomic mass is 28.4. The number of rotatable bonds is 21. The summed E-state index contributed by atoms with van der Waals surface area (Å²) < 4.78 is 67.9. The van der Waals surface area contributed by atoms with Crippen LogP contribution in [0.15, 0.2) is 152 Å². The van der Waals surface area contributed by atoms with E-state index in [1.165, 1.54) is 0 Å². The summed E-state index contributed by atoms with van der Waals surface area (Å²) >= 11 is 0. The summed E-state index contributed by atoms with van der Waals surface area (Å²) in [5.74, 6) is -1.18. The Hall–Kier alpha value is -4.89. The molecule has 0 spiro atoms. The molecule has 0 unspecified atom stereocenters. The first-order valence-corrected chi connectivity index (χ1v) is 31.4. The van der Waals surface area contributed by atoms with Crippen LogP contribution in [0.4, 0.5) is 0 Å². The Morgan fingerprint density at radius 1 is 0.459 bits per heavy atom. The van der Waals surface area contributed by atoms with E-state index in [4.69, 9.17) is 46.7 Å². The molecule has 5 aromatic rings. The second-order valence-electron chi connectivity index (χ2n) is 22.1. The number of aliphatic hydroxyl groups excluding tert-OH is 1. The van der Waals surface area contributed by atoms with Crippen molar-refractivity contribution in [3.63, 3.8) is 0 Å². The maximum Gasteiger partial charge on any atom is 0.338 e. The minimum Gasteiger partial charge on any atom is -0.459 e. The standard InChI is InChI=1S/C59H76O13Si2/c1-58(2,3)73(7,8)71-49-47(39-66-54(60)44-32-22-14-23-33-44)69-57(53(51(49)72-74(9,10)59(4,5)6)70-55(61)45-34-24-15-25-35-45)67-40-46-48(63-36-41-26-16-11-17-27-41)50(64-37-42-28-18-12-19-29-42)52(56(62)68-46)65-38-43-30-20-13-21-31-43/h11-35,46-53,56-57,62H,36-40H2,1-10H3/t46-,47-,48-,49-,50+,51+,52-,53-,56+,57-/m1/s1. The van der Waals surface area contributed by atoms with Gasteiger partial charge in [0.05, 0.1) is 37.6 Å². The topological polar surface area (TPSA) is 147 Å². The van der Waals surface area contributed by atoms with Gasteiger partial charge in [-0.1, -0.05) is 169 Å². The summed E-state index contributed by atoms with van der Waals surface area (Å²) in [6.45, 7) is 21.3. The van der Waals surface area contributed by atoms with Crippen LogP contribution >= 0.6 is 0 Å². The molecule has 2 fully saturated rings. The molecule has 398 valence electrons. The Kier molecular flexibility index (Phi) is 19.4. The average Bonchev–Trinajstić information content (AvgIpc) is 3.38. The lowest BCUT2D eigenvalue weighted by molar-refractivity contribution is -0.336. The molecular weight excluding hydrogens is 973 g/mol. The van der Waals surface area contributed by atoms with Gasteiger partial charge in [-0.25, -0.2) is 9.59 Å². The Labute approximate surface area is 439 Å². The minimum atomic E-state index is -2.77. The van der Waals surface area contributed by atoms with Crippen LogP contribution in [-0.4, -0.2) is 108 Å². The Morgan fingerprint density at radius 2 is 0.851 bits per heavy atom. The summed E-state index contributed by atoms with van der Waals surface area (Å²) in [5, 5.41) is 11.4. The Balaban J connectivity index is 1.29. The predicted octanol–water partition coefficient (Wildman–Crippen LogP) is 11.1. The third-order valence-electron chi connectivity index (χ3n) is 14.6. The number of hydrogen-bond acceptors (Lipinski definition) is 13. The van der Waals surface area contributed by atoms with Crippen LogP contribution in [0.1, 0.15) is 78.9 Å². The summed E-state index contributed by atoms with van der Waals surface area (Å²) in [7, 11) is -5.48. The van der Waals surface area contributed by atoms with Crippen molar-refractivity contribution in [2.24, 2.45) is 0 Å². The lowest BCUT2D eigenvalue weighted by Gasteiger charge is -2.52. The summed E-state index contributed by atoms with van der Waals surface area (Å²) in [6.07, 6.45) is -10.8. The smallest absolute Gasteiger partial charge is 0.338 e. The predicted molar refractivity (Wildman–Crippen MR) is 287 cm³/mol. The molecule has 7 rings (SSSR count). The van der Waals surface area contributed by atoms with Gasteiger partial charge in [0, 0.05) is 0 Å². The number of aliphatic hydroxyl groups is 1. The average molecular weight is 1050 g/mol. The monoisotopic (exact) mass is 1050 g/mol. The van der Waals surface area contributed by atoms with E-state index in [9.17, 15) is 14.7 Å². The molecule has 5 aromatic carbocycles. The third kappa shape index (κ3) is 14.9. The maximum atomic E-state index is 14.4. The normalized spacial score (nSPS) is 24.7. The number of carbonyl (C=O) groups is 2. The fraction of sp³-hybridized carbons (Fsp3) is 0.458. The lowest BCUT2D eigenvalue weighted by atomic mass is 9.97. The molecule has 15 heteroatoms. The molecule has 74 heavy (non-hydrogen) atoms. The molecule has 2 heterocycles. The Morgan fingerprint density at radius 3 is 1.31 bits per heavy atom. The zero-order chi connectivity index (χ0) is 53.1. The SMILES string of the molecule is CC(C)(C)[Si](C)(C)O[C@@H]1[C@@H](OC(=O)c2ccccc2)[C@H](OC[C@H]2O[C@H](O)[C@H](OCc3ccccc3)[C@@H](OCc3ccccc3)[C@@H]2OCc2ccccc2)O[C@H](COC(=O)c2ccccc2)[C@H]1O[Si](C)(C)C(C)(C)C. The Bertz CT molecular complexity index is 2490. The number of esters is 2. The van der Waals surface area contributed by atoms with E-state index in [-0.39, 0.29) is 43.1 Å². The van der Waals surface area contributed by atoms with Gasteiger partial charge in [0.15, 0.2) is 35.3 Å². The number of carbonyl (C=O) groups excluding carboxylic acids is 2. The molecule has 2 aliphatic heterocycles. The zero-order valence-corrected chi connectivity index (χ0v) is 46.6. The van der Waals surface area contributed by atoms with Crippen molar-refractivity contribution in [3.05, 3.63) is 179 Å². The number of benzene rings is 5. The molecule has 1 N–H and O–H groups in total. The molecular formula is C59H76O13Si2. The quantitative estimate of drug-likeness (QED) is 0.0550. The molecule has 0 radical (unpaired) electrons. The number of ether oxygens (including phenoxy) is 8. The van der Waals surface area contributed by atoms with Crippen LogP contribution in [0, 0.1) is 0 Å². The first-order chi connectivity index (χ1) is 35.2. The maximum absolute atomic E-state index is 14.4. The fourth-order valence-corrected chi connectivity index (χ4v) is 10.9. The molecule has 2 aliphatic rings. The highest BCUT2D eigenvalue weighted by molar-refractivity contribution is 6.74. The fourth-order valence-electron chi connectivity index (χ4n) is 8.25. The first kappa shape index (κ1) is 56.8. The molecule has 0 aliphatic carbocycles. The molecule has 0 amide bonds. The van der Waals surface area contributed by atoms with E-state index in [1.54, 1.807) is 48.5 Å². The van der Waals surface area contributed by atoms with Crippen LogP contribution in [0.3, 0.4) is 0 Å². The number of hydrogen-bond donors (Lipinski definition) is 1. The minimum absolute atomic E-state index is 0.165. The van der Waals surface area contributed by atoms with Gasteiger partial charge in [0.2, 0.25) is 0 Å². The van der Waals surface area contributed by atoms with E-state index in [0.29, 0.717) is 11.1 Å². The van der Waals surface area contributed by atoms with Gasteiger partial charge in [0.25, 0.3) is 0 Å². The van der Waals surface area contributed by atoms with Gasteiger partial charge in [-0.15, -0.1) is 0 Å². The third-order valence-corrected chi connectivity index (χ3v) is 23.5. The van der Waals surface area contributed by atoms with Gasteiger partial charge in [-0.05, 0) is 77.2 Å². The highest BCUT2D eigenvalue weighted by Crippen LogP contribution is 2.44. The van der Waals surface area contributed by atoms with E-state index in [0.717, 1.165) is 16.7 Å². The lowest BCUT2D eigenvalue weighted by Crippen LogP contribution is -2.67. The van der Waals surface area contributed by atoms with Crippen LogP contribution in [0.5, 0.6) is 0 Å². The van der Waals surface area contributed by atoms with Gasteiger partial charge in [-0.3, -0.25) is 0 Å².